The van der Waals surface area contributed by atoms with E-state index < -0.39 is 18.1 Å². The molecule has 1 aliphatic carbocycles. The van der Waals surface area contributed by atoms with Crippen LogP contribution in [0.5, 0.6) is 0 Å². The van der Waals surface area contributed by atoms with E-state index in [0.29, 0.717) is 25.3 Å². The second-order valence-corrected chi connectivity index (χ2v) is 6.24. The van der Waals surface area contributed by atoms with Crippen molar-refractivity contribution in [2.75, 3.05) is 13.7 Å². The average molecular weight is 311 g/mol. The molecule has 1 saturated heterocycles. The van der Waals surface area contributed by atoms with Gasteiger partial charge in [-0.15, -0.1) is 0 Å². The van der Waals surface area contributed by atoms with Gasteiger partial charge in [-0.25, -0.2) is 4.79 Å². The first kappa shape index (κ1) is 16.7. The van der Waals surface area contributed by atoms with Crippen LogP contribution in [0.1, 0.15) is 38.5 Å². The first-order valence-corrected chi connectivity index (χ1v) is 7.92. The molecule has 3 atom stereocenters. The smallest absolute Gasteiger partial charge is 0.328 e. The minimum atomic E-state index is -0.823. The molecule has 0 spiro atoms. The second kappa shape index (κ2) is 7.58. The molecule has 1 aliphatic heterocycles. The fourth-order valence-corrected chi connectivity index (χ4v) is 2.80. The summed E-state index contributed by atoms with van der Waals surface area (Å²) in [5, 5.41) is 5.43. The van der Waals surface area contributed by atoms with Gasteiger partial charge in [0.1, 0.15) is 6.04 Å². The van der Waals surface area contributed by atoms with Crippen LogP contribution >= 0.6 is 0 Å². The van der Waals surface area contributed by atoms with Gasteiger partial charge in [0.05, 0.1) is 13.2 Å². The van der Waals surface area contributed by atoms with Gasteiger partial charge >= 0.3 is 5.97 Å². The molecule has 4 N–H and O–H groups in total. The number of methoxy groups -OCH3 is 1. The number of rotatable bonds is 7. The highest BCUT2D eigenvalue weighted by Gasteiger charge is 2.33. The van der Waals surface area contributed by atoms with Crippen LogP contribution in [0.4, 0.5) is 0 Å². The molecule has 7 heteroatoms. The van der Waals surface area contributed by atoms with E-state index in [1.165, 1.54) is 7.11 Å². The van der Waals surface area contributed by atoms with Crippen molar-refractivity contribution in [3.63, 3.8) is 0 Å². The number of nitrogens with one attached hydrogen (secondary N) is 2. The molecular weight excluding hydrogens is 286 g/mol. The number of hydrogen-bond donors (Lipinski definition) is 3. The monoisotopic (exact) mass is 311 g/mol. The first-order valence-electron chi connectivity index (χ1n) is 7.92. The molecule has 2 amide bonds. The molecule has 0 aromatic carbocycles. The summed E-state index contributed by atoms with van der Waals surface area (Å²) < 4.78 is 4.74. The fraction of sp³-hybridized carbons (Fsp3) is 0.800. The lowest BCUT2D eigenvalue weighted by Gasteiger charge is -2.26. The van der Waals surface area contributed by atoms with Crippen molar-refractivity contribution in [3.05, 3.63) is 0 Å². The average Bonchev–Trinajstić information content (AvgIpc) is 3.31. The zero-order valence-corrected chi connectivity index (χ0v) is 13.0. The van der Waals surface area contributed by atoms with E-state index in [-0.39, 0.29) is 24.2 Å². The molecule has 2 unspecified atom stereocenters. The predicted molar refractivity (Wildman–Crippen MR) is 79.6 cm³/mol. The van der Waals surface area contributed by atoms with E-state index in [9.17, 15) is 14.4 Å². The SMILES string of the molecule is COC(=O)C(C[C@@H]1CCCNC1=O)NC(=O)C(N)CC1CC1. The Labute approximate surface area is 130 Å². The van der Waals surface area contributed by atoms with Crippen LogP contribution in [-0.4, -0.2) is 43.5 Å². The van der Waals surface area contributed by atoms with E-state index in [4.69, 9.17) is 10.5 Å². The summed E-state index contributed by atoms with van der Waals surface area (Å²) >= 11 is 0. The van der Waals surface area contributed by atoms with Crippen LogP contribution in [-0.2, 0) is 19.1 Å². The van der Waals surface area contributed by atoms with Crippen molar-refractivity contribution < 1.29 is 19.1 Å². The quantitative estimate of drug-likeness (QED) is 0.559. The molecule has 0 radical (unpaired) electrons. The Hall–Kier alpha value is -1.63. The number of carbonyl (C=O) groups excluding carboxylic acids is 3. The topological polar surface area (TPSA) is 111 Å². The molecule has 7 nitrogen and oxygen atoms in total. The summed E-state index contributed by atoms with van der Waals surface area (Å²) in [5.41, 5.74) is 5.87. The molecular formula is C15H25N3O4. The Kier molecular flexibility index (Phi) is 5.76. The fourth-order valence-electron chi connectivity index (χ4n) is 2.80. The number of piperidine rings is 1. The minimum Gasteiger partial charge on any atom is -0.467 e. The lowest BCUT2D eigenvalue weighted by molar-refractivity contribution is -0.146. The van der Waals surface area contributed by atoms with Gasteiger partial charge < -0.3 is 21.1 Å². The number of ether oxygens (including phenoxy) is 1. The normalized spacial score (nSPS) is 24.1. The summed E-state index contributed by atoms with van der Waals surface area (Å²) in [6.45, 7) is 0.664. The largest absolute Gasteiger partial charge is 0.467 e. The predicted octanol–water partition coefficient (Wildman–Crippen LogP) is -0.312. The van der Waals surface area contributed by atoms with Crippen molar-refractivity contribution in [2.24, 2.45) is 17.6 Å². The maximum atomic E-state index is 12.1. The number of esters is 1. The van der Waals surface area contributed by atoms with Gasteiger partial charge in [0, 0.05) is 12.5 Å². The number of nitrogens with two attached hydrogens (primary N) is 1. The van der Waals surface area contributed by atoms with Gasteiger partial charge in [0.2, 0.25) is 11.8 Å². The zero-order chi connectivity index (χ0) is 16.1. The van der Waals surface area contributed by atoms with E-state index in [1.807, 2.05) is 0 Å². The number of amides is 2. The number of hydrogen-bond acceptors (Lipinski definition) is 5. The third kappa shape index (κ3) is 4.69. The second-order valence-electron chi connectivity index (χ2n) is 6.24. The van der Waals surface area contributed by atoms with Gasteiger partial charge in [-0.3, -0.25) is 9.59 Å². The van der Waals surface area contributed by atoms with Crippen LogP contribution in [0.2, 0.25) is 0 Å². The molecule has 2 aliphatic rings. The summed E-state index contributed by atoms with van der Waals surface area (Å²) in [5.74, 6) is -0.709. The third-order valence-electron chi connectivity index (χ3n) is 4.34. The molecule has 0 aromatic rings. The van der Waals surface area contributed by atoms with Crippen molar-refractivity contribution in [3.8, 4) is 0 Å². The molecule has 0 aromatic heterocycles. The molecule has 0 bridgehead atoms. The molecule has 2 fully saturated rings. The van der Waals surface area contributed by atoms with Gasteiger partial charge in [-0.1, -0.05) is 12.8 Å². The highest BCUT2D eigenvalue weighted by molar-refractivity contribution is 5.88. The maximum Gasteiger partial charge on any atom is 0.328 e. The molecule has 124 valence electrons. The maximum absolute atomic E-state index is 12.1. The lowest BCUT2D eigenvalue weighted by Crippen LogP contribution is -2.51. The minimum absolute atomic E-state index is 0.0725. The van der Waals surface area contributed by atoms with Crippen molar-refractivity contribution in [1.82, 2.24) is 10.6 Å². The van der Waals surface area contributed by atoms with Crippen molar-refractivity contribution in [1.29, 1.82) is 0 Å². The van der Waals surface area contributed by atoms with Crippen molar-refractivity contribution >= 4 is 17.8 Å². The Morgan fingerprint density at radius 3 is 2.68 bits per heavy atom. The Morgan fingerprint density at radius 1 is 1.36 bits per heavy atom. The third-order valence-corrected chi connectivity index (χ3v) is 4.34. The molecule has 2 rings (SSSR count). The van der Waals surface area contributed by atoms with Crippen LogP contribution < -0.4 is 16.4 Å². The molecule has 22 heavy (non-hydrogen) atoms. The van der Waals surface area contributed by atoms with Gasteiger partial charge in [0.25, 0.3) is 0 Å². The van der Waals surface area contributed by atoms with Gasteiger partial charge in [-0.2, -0.15) is 0 Å². The van der Waals surface area contributed by atoms with Gasteiger partial charge in [-0.05, 0) is 31.6 Å². The molecule has 1 saturated carbocycles. The zero-order valence-electron chi connectivity index (χ0n) is 13.0. The highest BCUT2D eigenvalue weighted by atomic mass is 16.5. The standard InChI is InChI=1S/C15H25N3O4/c1-22-15(21)12(8-10-3-2-6-17-13(10)19)18-14(20)11(16)7-9-4-5-9/h9-12H,2-8,16H2,1H3,(H,17,19)(H,18,20)/t10-,11?,12?/m0/s1. The van der Waals surface area contributed by atoms with E-state index in [1.54, 1.807) is 0 Å². The first-order chi connectivity index (χ1) is 10.5. The summed E-state index contributed by atoms with van der Waals surface area (Å²) in [7, 11) is 1.27. The van der Waals surface area contributed by atoms with Crippen LogP contribution in [0, 0.1) is 11.8 Å². The Balaban J connectivity index is 1.91. The highest BCUT2D eigenvalue weighted by Crippen LogP contribution is 2.33. The van der Waals surface area contributed by atoms with E-state index in [2.05, 4.69) is 10.6 Å². The molecule has 1 heterocycles. The van der Waals surface area contributed by atoms with Crippen LogP contribution in [0.15, 0.2) is 0 Å². The van der Waals surface area contributed by atoms with Crippen molar-refractivity contribution in [2.45, 2.75) is 50.6 Å². The summed E-state index contributed by atoms with van der Waals surface area (Å²) in [6, 6.07) is -1.43. The number of carbonyl (C=O) groups is 3. The van der Waals surface area contributed by atoms with E-state index in [0.717, 1.165) is 19.3 Å². The van der Waals surface area contributed by atoms with E-state index >= 15 is 0 Å². The summed E-state index contributed by atoms with van der Waals surface area (Å²) in [6.07, 6.45) is 4.71. The lowest BCUT2D eigenvalue weighted by atomic mass is 9.91. The van der Waals surface area contributed by atoms with Crippen LogP contribution in [0.3, 0.4) is 0 Å². The Morgan fingerprint density at radius 2 is 2.09 bits per heavy atom. The summed E-state index contributed by atoms with van der Waals surface area (Å²) in [4.78, 5) is 35.8. The van der Waals surface area contributed by atoms with Crippen LogP contribution in [0.25, 0.3) is 0 Å². The Bertz CT molecular complexity index is 437. The van der Waals surface area contributed by atoms with Gasteiger partial charge in [0.15, 0.2) is 0 Å².